The number of rotatable bonds is 4. The molecule has 112 valence electrons. The molecule has 3 heterocycles. The van der Waals surface area contributed by atoms with Crippen LogP contribution in [0.4, 0.5) is 5.82 Å². The van der Waals surface area contributed by atoms with Gasteiger partial charge in [-0.25, -0.2) is 15.0 Å². The molecular weight excluding hydrogens is 278 g/mol. The van der Waals surface area contributed by atoms with E-state index < -0.39 is 0 Å². The van der Waals surface area contributed by atoms with Crippen LogP contribution in [0.15, 0.2) is 36.8 Å². The lowest BCUT2D eigenvalue weighted by atomic mass is 9.98. The standard InChI is InChI=1S/C16H17N5O/c17-10-14-5-1-6-18-15(14)21-9-2-4-13(11-21)12-22-16-19-7-3-8-20-16/h1,3,5-8,13H,2,4,9,11-12H2. The Labute approximate surface area is 129 Å². The van der Waals surface area contributed by atoms with Crippen LogP contribution in [0.25, 0.3) is 0 Å². The molecule has 22 heavy (non-hydrogen) atoms. The van der Waals surface area contributed by atoms with Crippen LogP contribution < -0.4 is 9.64 Å². The quantitative estimate of drug-likeness (QED) is 0.859. The number of hydrogen-bond donors (Lipinski definition) is 0. The first-order chi connectivity index (χ1) is 10.9. The molecule has 2 aromatic rings. The molecule has 0 spiro atoms. The molecule has 0 aromatic carbocycles. The van der Waals surface area contributed by atoms with Crippen molar-refractivity contribution in [1.82, 2.24) is 15.0 Å². The fourth-order valence-electron chi connectivity index (χ4n) is 2.68. The smallest absolute Gasteiger partial charge is 0.316 e. The van der Waals surface area contributed by atoms with Gasteiger partial charge in [0.1, 0.15) is 11.9 Å². The minimum Gasteiger partial charge on any atom is -0.463 e. The van der Waals surface area contributed by atoms with Gasteiger partial charge in [0.15, 0.2) is 0 Å². The van der Waals surface area contributed by atoms with Crippen LogP contribution >= 0.6 is 0 Å². The van der Waals surface area contributed by atoms with Gasteiger partial charge in [0.05, 0.1) is 12.2 Å². The van der Waals surface area contributed by atoms with E-state index in [-0.39, 0.29) is 0 Å². The molecule has 0 saturated carbocycles. The molecule has 2 aromatic heterocycles. The van der Waals surface area contributed by atoms with Gasteiger partial charge in [0.2, 0.25) is 0 Å². The molecule has 0 radical (unpaired) electrons. The van der Waals surface area contributed by atoms with Gasteiger partial charge in [-0.3, -0.25) is 0 Å². The largest absolute Gasteiger partial charge is 0.463 e. The fourth-order valence-corrected chi connectivity index (χ4v) is 2.68. The summed E-state index contributed by atoms with van der Waals surface area (Å²) in [5, 5.41) is 9.21. The SMILES string of the molecule is N#Cc1cccnc1N1CCCC(COc2ncccn2)C1. The van der Waals surface area contributed by atoms with E-state index in [0.29, 0.717) is 24.1 Å². The average molecular weight is 295 g/mol. The number of anilines is 1. The zero-order valence-electron chi connectivity index (χ0n) is 12.2. The monoisotopic (exact) mass is 295 g/mol. The summed E-state index contributed by atoms with van der Waals surface area (Å²) in [6.07, 6.45) is 7.22. The molecule has 0 aliphatic carbocycles. The van der Waals surface area contributed by atoms with Crippen molar-refractivity contribution in [2.75, 3.05) is 24.6 Å². The van der Waals surface area contributed by atoms with E-state index in [2.05, 4.69) is 25.9 Å². The van der Waals surface area contributed by atoms with Gasteiger partial charge in [-0.1, -0.05) is 0 Å². The van der Waals surface area contributed by atoms with Crippen molar-refractivity contribution in [1.29, 1.82) is 5.26 Å². The number of piperidine rings is 1. The van der Waals surface area contributed by atoms with Gasteiger partial charge >= 0.3 is 6.01 Å². The minimum atomic E-state index is 0.381. The summed E-state index contributed by atoms with van der Waals surface area (Å²) < 4.78 is 5.65. The van der Waals surface area contributed by atoms with Crippen LogP contribution in [-0.4, -0.2) is 34.6 Å². The summed E-state index contributed by atoms with van der Waals surface area (Å²) in [5.74, 6) is 1.15. The highest BCUT2D eigenvalue weighted by molar-refractivity contribution is 5.53. The first kappa shape index (κ1) is 14.3. The van der Waals surface area contributed by atoms with Crippen LogP contribution in [-0.2, 0) is 0 Å². The lowest BCUT2D eigenvalue weighted by molar-refractivity contribution is 0.214. The molecule has 0 bridgehead atoms. The predicted molar refractivity (Wildman–Crippen MR) is 81.4 cm³/mol. The van der Waals surface area contributed by atoms with E-state index in [1.54, 1.807) is 36.8 Å². The van der Waals surface area contributed by atoms with Gasteiger partial charge in [-0.15, -0.1) is 0 Å². The highest BCUT2D eigenvalue weighted by Gasteiger charge is 2.23. The third-order valence-electron chi connectivity index (χ3n) is 3.72. The van der Waals surface area contributed by atoms with Crippen molar-refractivity contribution >= 4 is 5.82 Å². The van der Waals surface area contributed by atoms with Gasteiger partial charge in [-0.2, -0.15) is 5.26 Å². The Bertz CT molecular complexity index is 655. The maximum Gasteiger partial charge on any atom is 0.316 e. The van der Waals surface area contributed by atoms with Crippen LogP contribution in [0, 0.1) is 17.2 Å². The third-order valence-corrected chi connectivity index (χ3v) is 3.72. The number of hydrogen-bond acceptors (Lipinski definition) is 6. The topological polar surface area (TPSA) is 74.9 Å². The van der Waals surface area contributed by atoms with E-state index in [1.807, 2.05) is 0 Å². The van der Waals surface area contributed by atoms with Gasteiger partial charge < -0.3 is 9.64 Å². The Morgan fingerprint density at radius 3 is 2.86 bits per heavy atom. The van der Waals surface area contributed by atoms with E-state index in [1.165, 1.54) is 0 Å². The molecule has 1 aliphatic rings. The number of pyridine rings is 1. The zero-order valence-corrected chi connectivity index (χ0v) is 12.2. The maximum absolute atomic E-state index is 9.21. The number of nitrogens with zero attached hydrogens (tertiary/aromatic N) is 5. The molecule has 6 nitrogen and oxygen atoms in total. The van der Waals surface area contributed by atoms with Crippen molar-refractivity contribution in [3.63, 3.8) is 0 Å². The summed E-state index contributed by atoms with van der Waals surface area (Å²) in [5.41, 5.74) is 0.621. The third kappa shape index (κ3) is 3.31. The van der Waals surface area contributed by atoms with Gasteiger partial charge in [0, 0.05) is 37.6 Å². The molecule has 1 aliphatic heterocycles. The summed E-state index contributed by atoms with van der Waals surface area (Å²) in [7, 11) is 0. The summed E-state index contributed by atoms with van der Waals surface area (Å²) in [6.45, 7) is 2.33. The van der Waals surface area contributed by atoms with Crippen LogP contribution in [0.3, 0.4) is 0 Å². The number of aromatic nitrogens is 3. The Hall–Kier alpha value is -2.68. The average Bonchev–Trinajstić information content (AvgIpc) is 2.61. The van der Waals surface area contributed by atoms with E-state index in [0.717, 1.165) is 31.7 Å². The van der Waals surface area contributed by atoms with E-state index in [4.69, 9.17) is 4.74 Å². The lowest BCUT2D eigenvalue weighted by Crippen LogP contribution is -2.38. The first-order valence-corrected chi connectivity index (χ1v) is 7.36. The van der Waals surface area contributed by atoms with Gasteiger partial charge in [-0.05, 0) is 31.0 Å². The summed E-state index contributed by atoms with van der Waals surface area (Å²) in [6, 6.07) is 7.98. The highest BCUT2D eigenvalue weighted by Crippen LogP contribution is 2.24. The molecule has 3 rings (SSSR count). The van der Waals surface area contributed by atoms with Crippen LogP contribution in [0.1, 0.15) is 18.4 Å². The molecule has 1 saturated heterocycles. The van der Waals surface area contributed by atoms with Crippen molar-refractivity contribution < 1.29 is 4.74 Å². The van der Waals surface area contributed by atoms with Crippen molar-refractivity contribution in [2.45, 2.75) is 12.8 Å². The Kier molecular flexibility index (Phi) is 4.44. The minimum absolute atomic E-state index is 0.381. The normalized spacial score (nSPS) is 17.8. The summed E-state index contributed by atoms with van der Waals surface area (Å²) in [4.78, 5) is 14.7. The molecule has 0 N–H and O–H groups in total. The van der Waals surface area contributed by atoms with Crippen molar-refractivity contribution in [3.05, 3.63) is 42.4 Å². The second-order valence-corrected chi connectivity index (χ2v) is 5.28. The number of ether oxygens (including phenoxy) is 1. The van der Waals surface area contributed by atoms with E-state index >= 15 is 0 Å². The summed E-state index contributed by atoms with van der Waals surface area (Å²) >= 11 is 0. The second-order valence-electron chi connectivity index (χ2n) is 5.28. The molecule has 1 unspecified atom stereocenters. The predicted octanol–water partition coefficient (Wildman–Crippen LogP) is 2.04. The first-order valence-electron chi connectivity index (χ1n) is 7.36. The van der Waals surface area contributed by atoms with Crippen molar-refractivity contribution in [2.24, 2.45) is 5.92 Å². The Balaban J connectivity index is 1.63. The van der Waals surface area contributed by atoms with Crippen molar-refractivity contribution in [3.8, 4) is 12.1 Å². The fraction of sp³-hybridized carbons (Fsp3) is 0.375. The van der Waals surface area contributed by atoms with Crippen LogP contribution in [0.2, 0.25) is 0 Å². The zero-order chi connectivity index (χ0) is 15.2. The molecule has 0 amide bonds. The van der Waals surface area contributed by atoms with E-state index in [9.17, 15) is 5.26 Å². The Morgan fingerprint density at radius 1 is 1.23 bits per heavy atom. The molecular formula is C16H17N5O. The molecule has 6 heteroatoms. The second kappa shape index (κ2) is 6.85. The maximum atomic E-state index is 9.21. The Morgan fingerprint density at radius 2 is 2.05 bits per heavy atom. The van der Waals surface area contributed by atoms with Gasteiger partial charge in [0.25, 0.3) is 0 Å². The van der Waals surface area contributed by atoms with Crippen LogP contribution in [0.5, 0.6) is 6.01 Å². The molecule has 1 atom stereocenters. The highest BCUT2D eigenvalue weighted by atomic mass is 16.5. The number of nitriles is 1. The lowest BCUT2D eigenvalue weighted by Gasteiger charge is -2.33. The molecule has 1 fully saturated rings.